The van der Waals surface area contributed by atoms with Crippen LogP contribution < -0.4 is 5.32 Å². The standard InChI is InChI=1S/C12H18FNO/c1-8(10(3)15)14-9(2)11-4-6-12(13)7-5-11/h4-10,14-15H,1-3H3/t8?,9-,10?/m1/s1. The van der Waals surface area contributed by atoms with E-state index in [2.05, 4.69) is 5.32 Å². The molecule has 15 heavy (non-hydrogen) atoms. The van der Waals surface area contributed by atoms with E-state index in [1.165, 1.54) is 12.1 Å². The molecular weight excluding hydrogens is 193 g/mol. The van der Waals surface area contributed by atoms with Gasteiger partial charge in [0.25, 0.3) is 0 Å². The molecule has 0 aromatic heterocycles. The highest BCUT2D eigenvalue weighted by Crippen LogP contribution is 2.13. The lowest BCUT2D eigenvalue weighted by molar-refractivity contribution is 0.147. The summed E-state index contributed by atoms with van der Waals surface area (Å²) in [6.45, 7) is 5.66. The highest BCUT2D eigenvalue weighted by molar-refractivity contribution is 5.19. The normalized spacial score (nSPS) is 17.1. The average Bonchev–Trinajstić information content (AvgIpc) is 2.18. The maximum atomic E-state index is 12.7. The Labute approximate surface area is 90.1 Å². The van der Waals surface area contributed by atoms with Crippen molar-refractivity contribution < 1.29 is 9.50 Å². The van der Waals surface area contributed by atoms with Gasteiger partial charge in [0.05, 0.1) is 6.10 Å². The zero-order valence-electron chi connectivity index (χ0n) is 9.37. The second-order valence-electron chi connectivity index (χ2n) is 3.97. The molecule has 3 heteroatoms. The number of hydrogen-bond donors (Lipinski definition) is 2. The SMILES string of the molecule is CC(O)C(C)N[C@H](C)c1ccc(F)cc1. The van der Waals surface area contributed by atoms with Crippen molar-refractivity contribution in [3.63, 3.8) is 0 Å². The molecule has 0 aliphatic rings. The summed E-state index contributed by atoms with van der Waals surface area (Å²) < 4.78 is 12.7. The van der Waals surface area contributed by atoms with E-state index in [9.17, 15) is 9.50 Å². The highest BCUT2D eigenvalue weighted by atomic mass is 19.1. The summed E-state index contributed by atoms with van der Waals surface area (Å²) in [6, 6.07) is 6.52. The van der Waals surface area contributed by atoms with Crippen molar-refractivity contribution in [2.24, 2.45) is 0 Å². The first-order chi connectivity index (χ1) is 7.00. The molecule has 2 N–H and O–H groups in total. The minimum Gasteiger partial charge on any atom is -0.392 e. The molecule has 0 amide bonds. The average molecular weight is 211 g/mol. The van der Waals surface area contributed by atoms with Crippen LogP contribution in [0.1, 0.15) is 32.4 Å². The molecule has 2 nitrogen and oxygen atoms in total. The largest absolute Gasteiger partial charge is 0.392 e. The van der Waals surface area contributed by atoms with Gasteiger partial charge in [0.2, 0.25) is 0 Å². The molecule has 0 heterocycles. The lowest BCUT2D eigenvalue weighted by atomic mass is 10.1. The van der Waals surface area contributed by atoms with Gasteiger partial charge in [-0.05, 0) is 38.5 Å². The maximum absolute atomic E-state index is 12.7. The molecule has 0 aliphatic carbocycles. The van der Waals surface area contributed by atoms with Crippen molar-refractivity contribution in [1.82, 2.24) is 5.32 Å². The van der Waals surface area contributed by atoms with Crippen LogP contribution >= 0.6 is 0 Å². The fraction of sp³-hybridized carbons (Fsp3) is 0.500. The lowest BCUT2D eigenvalue weighted by Crippen LogP contribution is -2.37. The van der Waals surface area contributed by atoms with Crippen LogP contribution in [0.5, 0.6) is 0 Å². The van der Waals surface area contributed by atoms with Gasteiger partial charge in [-0.25, -0.2) is 4.39 Å². The van der Waals surface area contributed by atoms with Crippen molar-refractivity contribution in [1.29, 1.82) is 0 Å². The summed E-state index contributed by atoms with van der Waals surface area (Å²) in [7, 11) is 0. The topological polar surface area (TPSA) is 32.3 Å². The lowest BCUT2D eigenvalue weighted by Gasteiger charge is -2.22. The van der Waals surface area contributed by atoms with E-state index < -0.39 is 6.10 Å². The minimum atomic E-state index is -0.395. The first-order valence-corrected chi connectivity index (χ1v) is 5.20. The van der Waals surface area contributed by atoms with Crippen LogP contribution in [0.25, 0.3) is 0 Å². The highest BCUT2D eigenvalue weighted by Gasteiger charge is 2.12. The van der Waals surface area contributed by atoms with E-state index in [0.29, 0.717) is 0 Å². The molecule has 3 atom stereocenters. The summed E-state index contributed by atoms with van der Waals surface area (Å²) >= 11 is 0. The number of aliphatic hydroxyl groups excluding tert-OH is 1. The summed E-state index contributed by atoms with van der Waals surface area (Å²) in [6.07, 6.45) is -0.395. The number of benzene rings is 1. The van der Waals surface area contributed by atoms with Gasteiger partial charge in [-0.1, -0.05) is 12.1 Å². The Morgan fingerprint density at radius 3 is 2.13 bits per heavy atom. The molecule has 0 spiro atoms. The zero-order chi connectivity index (χ0) is 11.4. The number of hydrogen-bond acceptors (Lipinski definition) is 2. The molecule has 0 bridgehead atoms. The van der Waals surface area contributed by atoms with E-state index in [0.717, 1.165) is 5.56 Å². The monoisotopic (exact) mass is 211 g/mol. The molecule has 1 aromatic rings. The molecule has 84 valence electrons. The van der Waals surface area contributed by atoms with Crippen LogP contribution in [0.2, 0.25) is 0 Å². The Kier molecular flexibility index (Phi) is 4.24. The van der Waals surface area contributed by atoms with Crippen LogP contribution in [0.4, 0.5) is 4.39 Å². The molecule has 0 aliphatic heterocycles. The van der Waals surface area contributed by atoms with Gasteiger partial charge in [-0.2, -0.15) is 0 Å². The number of nitrogens with one attached hydrogen (secondary N) is 1. The smallest absolute Gasteiger partial charge is 0.123 e. The molecule has 0 saturated carbocycles. The molecule has 1 aromatic carbocycles. The third-order valence-electron chi connectivity index (χ3n) is 2.61. The molecule has 0 fully saturated rings. The van der Waals surface area contributed by atoms with Crippen molar-refractivity contribution in [2.75, 3.05) is 0 Å². The summed E-state index contributed by atoms with van der Waals surface area (Å²) in [5.41, 5.74) is 1.02. The van der Waals surface area contributed by atoms with E-state index in [4.69, 9.17) is 0 Å². The van der Waals surface area contributed by atoms with E-state index in [1.54, 1.807) is 19.1 Å². The van der Waals surface area contributed by atoms with Crippen LogP contribution in [0.3, 0.4) is 0 Å². The zero-order valence-corrected chi connectivity index (χ0v) is 9.37. The van der Waals surface area contributed by atoms with E-state index >= 15 is 0 Å². The molecular formula is C12H18FNO. The fourth-order valence-electron chi connectivity index (χ4n) is 1.38. The van der Waals surface area contributed by atoms with E-state index in [-0.39, 0.29) is 17.9 Å². The molecule has 0 radical (unpaired) electrons. The van der Waals surface area contributed by atoms with Crippen LogP contribution in [-0.4, -0.2) is 17.3 Å². The van der Waals surface area contributed by atoms with E-state index in [1.807, 2.05) is 13.8 Å². The van der Waals surface area contributed by atoms with Gasteiger partial charge >= 0.3 is 0 Å². The fourth-order valence-corrected chi connectivity index (χ4v) is 1.38. The summed E-state index contributed by atoms with van der Waals surface area (Å²) in [4.78, 5) is 0. The molecule has 2 unspecified atom stereocenters. The Hall–Kier alpha value is -0.930. The second-order valence-corrected chi connectivity index (χ2v) is 3.97. The Balaban J connectivity index is 2.61. The quantitative estimate of drug-likeness (QED) is 0.800. The number of aliphatic hydroxyl groups is 1. The van der Waals surface area contributed by atoms with Gasteiger partial charge in [0.15, 0.2) is 0 Å². The van der Waals surface area contributed by atoms with Crippen LogP contribution in [0, 0.1) is 5.82 Å². The van der Waals surface area contributed by atoms with Crippen molar-refractivity contribution >= 4 is 0 Å². The Bertz CT molecular complexity index is 297. The summed E-state index contributed by atoms with van der Waals surface area (Å²) in [5, 5.41) is 12.6. The predicted molar refractivity (Wildman–Crippen MR) is 59.1 cm³/mol. The van der Waals surface area contributed by atoms with Gasteiger partial charge in [-0.15, -0.1) is 0 Å². The third-order valence-corrected chi connectivity index (χ3v) is 2.61. The third kappa shape index (κ3) is 3.61. The predicted octanol–water partition coefficient (Wildman–Crippen LogP) is 2.25. The second kappa shape index (κ2) is 5.24. The minimum absolute atomic E-state index is 0.0186. The van der Waals surface area contributed by atoms with Crippen LogP contribution in [-0.2, 0) is 0 Å². The van der Waals surface area contributed by atoms with Gasteiger partial charge in [-0.3, -0.25) is 0 Å². The van der Waals surface area contributed by atoms with Crippen LogP contribution in [0.15, 0.2) is 24.3 Å². The number of rotatable bonds is 4. The summed E-state index contributed by atoms with van der Waals surface area (Å²) in [5.74, 6) is -0.227. The molecule has 1 rings (SSSR count). The molecule has 0 saturated heterocycles. The maximum Gasteiger partial charge on any atom is 0.123 e. The first kappa shape index (κ1) is 12.1. The van der Waals surface area contributed by atoms with Crippen molar-refractivity contribution in [2.45, 2.75) is 39.0 Å². The Morgan fingerprint density at radius 2 is 1.67 bits per heavy atom. The number of halogens is 1. The van der Waals surface area contributed by atoms with Crippen molar-refractivity contribution in [3.8, 4) is 0 Å². The first-order valence-electron chi connectivity index (χ1n) is 5.20. The van der Waals surface area contributed by atoms with Gasteiger partial charge < -0.3 is 10.4 Å². The van der Waals surface area contributed by atoms with Gasteiger partial charge in [0.1, 0.15) is 5.82 Å². The van der Waals surface area contributed by atoms with Gasteiger partial charge in [0, 0.05) is 12.1 Å². The van der Waals surface area contributed by atoms with Crippen molar-refractivity contribution in [3.05, 3.63) is 35.6 Å². The Morgan fingerprint density at radius 1 is 1.13 bits per heavy atom.